The lowest BCUT2D eigenvalue weighted by Crippen LogP contribution is -2.49. The molecule has 126 valence electrons. The number of piperidine rings is 1. The Balaban J connectivity index is 1.47. The Morgan fingerprint density at radius 3 is 2.70 bits per heavy atom. The van der Waals surface area contributed by atoms with E-state index in [1.807, 2.05) is 25.3 Å². The normalized spacial score (nSPS) is 24.7. The van der Waals surface area contributed by atoms with Crippen molar-refractivity contribution in [3.8, 4) is 0 Å². The zero-order chi connectivity index (χ0) is 16.4. The Morgan fingerprint density at radius 2 is 2.13 bits per heavy atom. The number of pyridine rings is 1. The number of halogens is 2. The summed E-state index contributed by atoms with van der Waals surface area (Å²) in [4.78, 5) is 18.7. The number of amides is 1. The molecule has 2 fully saturated rings. The van der Waals surface area contributed by atoms with E-state index < -0.39 is 24.9 Å². The van der Waals surface area contributed by atoms with Gasteiger partial charge in [0.05, 0.1) is 12.6 Å². The van der Waals surface area contributed by atoms with Crippen molar-refractivity contribution < 1.29 is 13.6 Å². The molecule has 23 heavy (non-hydrogen) atoms. The zero-order valence-electron chi connectivity index (χ0n) is 13.2. The molecule has 0 aromatic carbocycles. The van der Waals surface area contributed by atoms with Crippen LogP contribution in [0.2, 0.25) is 0 Å². The van der Waals surface area contributed by atoms with Crippen LogP contribution < -0.4 is 15.5 Å². The fourth-order valence-corrected chi connectivity index (χ4v) is 3.10. The van der Waals surface area contributed by atoms with Crippen LogP contribution in [0.1, 0.15) is 24.8 Å². The standard InChI is InChI=1S/C16H22F2N4O/c1-11-2-3-14(19-9-11)22-6-4-12(5-7-22)21-15(23)13-8-16(17,18)10-20-13/h2-3,9,12-13,20H,4-8,10H2,1H3,(H,21,23). The van der Waals surface area contributed by atoms with E-state index in [2.05, 4.69) is 20.5 Å². The number of aryl methyl sites for hydroxylation is 1. The molecule has 1 unspecified atom stereocenters. The smallest absolute Gasteiger partial charge is 0.262 e. The largest absolute Gasteiger partial charge is 0.356 e. The van der Waals surface area contributed by atoms with Gasteiger partial charge in [0.25, 0.3) is 5.92 Å². The van der Waals surface area contributed by atoms with E-state index in [1.165, 1.54) is 0 Å². The van der Waals surface area contributed by atoms with Gasteiger partial charge in [-0.05, 0) is 31.4 Å². The number of hydrogen-bond acceptors (Lipinski definition) is 4. The fraction of sp³-hybridized carbons (Fsp3) is 0.625. The lowest BCUT2D eigenvalue weighted by molar-refractivity contribution is -0.124. The van der Waals surface area contributed by atoms with Crippen molar-refractivity contribution in [3.63, 3.8) is 0 Å². The Labute approximate surface area is 134 Å². The number of carbonyl (C=O) groups is 1. The van der Waals surface area contributed by atoms with Crippen LogP contribution in [0, 0.1) is 6.92 Å². The zero-order valence-corrected chi connectivity index (χ0v) is 13.2. The van der Waals surface area contributed by atoms with Crippen molar-refractivity contribution in [1.82, 2.24) is 15.6 Å². The van der Waals surface area contributed by atoms with Gasteiger partial charge in [-0.15, -0.1) is 0 Å². The lowest BCUT2D eigenvalue weighted by Gasteiger charge is -2.33. The molecular weight excluding hydrogens is 302 g/mol. The van der Waals surface area contributed by atoms with Gasteiger partial charge in [0.15, 0.2) is 0 Å². The molecule has 0 aliphatic carbocycles. The first-order chi connectivity index (χ1) is 10.9. The average molecular weight is 324 g/mol. The van der Waals surface area contributed by atoms with Crippen molar-refractivity contribution in [3.05, 3.63) is 23.9 Å². The van der Waals surface area contributed by atoms with Crippen LogP contribution in [-0.4, -0.2) is 48.5 Å². The Kier molecular flexibility index (Phi) is 4.48. The van der Waals surface area contributed by atoms with Gasteiger partial charge in [-0.1, -0.05) is 6.07 Å². The minimum atomic E-state index is -2.78. The molecule has 0 bridgehead atoms. The van der Waals surface area contributed by atoms with E-state index in [0.29, 0.717) is 0 Å². The van der Waals surface area contributed by atoms with Gasteiger partial charge in [-0.3, -0.25) is 10.1 Å². The Hall–Kier alpha value is -1.76. The molecule has 2 N–H and O–H groups in total. The van der Waals surface area contributed by atoms with E-state index in [-0.39, 0.29) is 11.9 Å². The maximum atomic E-state index is 13.1. The molecule has 2 aliphatic heterocycles. The number of nitrogens with zero attached hydrogens (tertiary/aromatic N) is 2. The van der Waals surface area contributed by atoms with E-state index >= 15 is 0 Å². The first-order valence-corrected chi connectivity index (χ1v) is 8.02. The summed E-state index contributed by atoms with van der Waals surface area (Å²) in [6.45, 7) is 3.19. The van der Waals surface area contributed by atoms with E-state index in [9.17, 15) is 13.6 Å². The first-order valence-electron chi connectivity index (χ1n) is 8.02. The van der Waals surface area contributed by atoms with Crippen LogP contribution in [0.25, 0.3) is 0 Å². The summed E-state index contributed by atoms with van der Waals surface area (Å²) in [6.07, 6.45) is 3.02. The fourth-order valence-electron chi connectivity index (χ4n) is 3.10. The Morgan fingerprint density at radius 1 is 1.39 bits per heavy atom. The molecule has 2 aliphatic rings. The molecule has 5 nitrogen and oxygen atoms in total. The summed E-state index contributed by atoms with van der Waals surface area (Å²) in [7, 11) is 0. The molecule has 1 aromatic rings. The highest BCUT2D eigenvalue weighted by atomic mass is 19.3. The molecule has 0 saturated carbocycles. The third kappa shape index (κ3) is 3.96. The van der Waals surface area contributed by atoms with Crippen molar-refractivity contribution >= 4 is 11.7 Å². The quantitative estimate of drug-likeness (QED) is 0.884. The van der Waals surface area contributed by atoms with Gasteiger partial charge in [-0.25, -0.2) is 13.8 Å². The SMILES string of the molecule is Cc1ccc(N2CCC(NC(=O)C3CC(F)(F)CN3)CC2)nc1. The summed E-state index contributed by atoms with van der Waals surface area (Å²) in [5.74, 6) is -2.14. The van der Waals surface area contributed by atoms with Gasteiger partial charge in [0.1, 0.15) is 5.82 Å². The predicted octanol–water partition coefficient (Wildman–Crippen LogP) is 1.47. The number of alkyl halides is 2. The second kappa shape index (κ2) is 6.39. The molecular formula is C16H22F2N4O. The van der Waals surface area contributed by atoms with Gasteiger partial charge < -0.3 is 10.2 Å². The summed E-state index contributed by atoms with van der Waals surface area (Å²) in [6, 6.07) is 3.29. The van der Waals surface area contributed by atoms with Crippen LogP contribution in [0.3, 0.4) is 0 Å². The third-order valence-electron chi connectivity index (χ3n) is 4.49. The summed E-state index contributed by atoms with van der Waals surface area (Å²) in [5.41, 5.74) is 1.12. The maximum Gasteiger partial charge on any atom is 0.262 e. The number of hydrogen-bond donors (Lipinski definition) is 2. The van der Waals surface area contributed by atoms with Crippen LogP contribution in [0.15, 0.2) is 18.3 Å². The van der Waals surface area contributed by atoms with Crippen LogP contribution in [-0.2, 0) is 4.79 Å². The van der Waals surface area contributed by atoms with Crippen molar-refractivity contribution in [2.24, 2.45) is 0 Å². The Bertz CT molecular complexity index is 556. The highest BCUT2D eigenvalue weighted by Gasteiger charge is 2.42. The molecule has 1 amide bonds. The molecule has 0 spiro atoms. The van der Waals surface area contributed by atoms with E-state index in [4.69, 9.17) is 0 Å². The number of carbonyl (C=O) groups excluding carboxylic acids is 1. The minimum Gasteiger partial charge on any atom is -0.356 e. The predicted molar refractivity (Wildman–Crippen MR) is 83.7 cm³/mol. The molecule has 3 rings (SSSR count). The monoisotopic (exact) mass is 324 g/mol. The lowest BCUT2D eigenvalue weighted by atomic mass is 10.0. The van der Waals surface area contributed by atoms with Crippen LogP contribution in [0.4, 0.5) is 14.6 Å². The number of aromatic nitrogens is 1. The van der Waals surface area contributed by atoms with Gasteiger partial charge in [-0.2, -0.15) is 0 Å². The van der Waals surface area contributed by atoms with Crippen LogP contribution >= 0.6 is 0 Å². The van der Waals surface area contributed by atoms with E-state index in [0.717, 1.165) is 37.3 Å². The second-order valence-electron chi connectivity index (χ2n) is 6.46. The number of nitrogens with one attached hydrogen (secondary N) is 2. The summed E-state index contributed by atoms with van der Waals surface area (Å²) < 4.78 is 26.3. The maximum absolute atomic E-state index is 13.1. The van der Waals surface area contributed by atoms with Crippen molar-refractivity contribution in [1.29, 1.82) is 0 Å². The first kappa shape index (κ1) is 16.1. The van der Waals surface area contributed by atoms with Gasteiger partial charge in [0, 0.05) is 31.7 Å². The molecule has 1 atom stereocenters. The molecule has 0 radical (unpaired) electrons. The van der Waals surface area contributed by atoms with E-state index in [1.54, 1.807) is 0 Å². The minimum absolute atomic E-state index is 0.0419. The molecule has 3 heterocycles. The second-order valence-corrected chi connectivity index (χ2v) is 6.46. The summed E-state index contributed by atoms with van der Waals surface area (Å²) in [5, 5.41) is 5.49. The molecule has 2 saturated heterocycles. The summed E-state index contributed by atoms with van der Waals surface area (Å²) >= 11 is 0. The number of rotatable bonds is 3. The van der Waals surface area contributed by atoms with Gasteiger partial charge >= 0.3 is 0 Å². The average Bonchev–Trinajstić information content (AvgIpc) is 2.89. The third-order valence-corrected chi connectivity index (χ3v) is 4.49. The van der Waals surface area contributed by atoms with Crippen LogP contribution in [0.5, 0.6) is 0 Å². The number of anilines is 1. The van der Waals surface area contributed by atoms with Crippen molar-refractivity contribution in [2.45, 2.75) is 44.2 Å². The topological polar surface area (TPSA) is 57.3 Å². The van der Waals surface area contributed by atoms with Crippen molar-refractivity contribution in [2.75, 3.05) is 24.5 Å². The highest BCUT2D eigenvalue weighted by Crippen LogP contribution is 2.25. The molecule has 7 heteroatoms. The molecule has 1 aromatic heterocycles. The highest BCUT2D eigenvalue weighted by molar-refractivity contribution is 5.82. The van der Waals surface area contributed by atoms with Gasteiger partial charge in [0.2, 0.25) is 5.91 Å².